The van der Waals surface area contributed by atoms with Crippen LogP contribution in [-0.4, -0.2) is 27.3 Å². The Morgan fingerprint density at radius 3 is 1.66 bits per heavy atom. The van der Waals surface area contributed by atoms with Gasteiger partial charge in [0.15, 0.2) is 0 Å². The molecule has 0 N–H and O–H groups in total. The first-order valence-corrected chi connectivity index (χ1v) is 18.0. The lowest BCUT2D eigenvalue weighted by Crippen LogP contribution is -2.67. The highest BCUT2D eigenvalue weighted by Gasteiger charge is 2.50. The highest BCUT2D eigenvalue weighted by Crippen LogP contribution is 2.50. The van der Waals surface area contributed by atoms with Crippen LogP contribution in [0, 0.1) is 11.8 Å². The number of carbonyl (C=O) groups excluding carboxylic acids is 1. The second kappa shape index (κ2) is 12.5. The molecule has 3 atom stereocenters. The van der Waals surface area contributed by atoms with Crippen LogP contribution in [0.25, 0.3) is 21.0 Å². The number of carbonyl (C=O) groups is 1. The normalized spacial score (nSPS) is 14.7. The number of aldehydes is 1. The van der Waals surface area contributed by atoms with E-state index >= 15 is 0 Å². The van der Waals surface area contributed by atoms with Gasteiger partial charge in [-0.05, 0) is 26.2 Å². The molecule has 5 heteroatoms. The Balaban J connectivity index is 1.45. The molecule has 0 bridgehead atoms. The Bertz CT molecular complexity index is 1500. The van der Waals surface area contributed by atoms with Gasteiger partial charge in [-0.1, -0.05) is 151 Å². The molecular formula is C36H41O3PSi. The summed E-state index contributed by atoms with van der Waals surface area (Å²) in [6.07, 6.45) is 1.39. The smallest absolute Gasteiger partial charge is 0.261 e. The fraction of sp³-hybridized carbons (Fsp3) is 0.306. The van der Waals surface area contributed by atoms with Crippen molar-refractivity contribution in [3.8, 4) is 0 Å². The lowest BCUT2D eigenvalue weighted by Gasteiger charge is -2.44. The number of fused-ring (bicyclic) bond motifs is 3. The second-order valence-corrected chi connectivity index (χ2v) is 18.6. The van der Waals surface area contributed by atoms with Crippen LogP contribution < -0.4 is 10.4 Å². The third-order valence-electron chi connectivity index (χ3n) is 8.35. The molecule has 4 aromatic carbocycles. The van der Waals surface area contributed by atoms with Crippen molar-refractivity contribution in [2.75, 3.05) is 6.61 Å². The molecule has 0 amide bonds. The largest absolute Gasteiger partial charge is 0.407 e. The van der Waals surface area contributed by atoms with Crippen LogP contribution in [0.15, 0.2) is 109 Å². The summed E-state index contributed by atoms with van der Waals surface area (Å²) >= 11 is 0. The maximum Gasteiger partial charge on any atom is 0.261 e. The molecule has 3 nitrogen and oxygen atoms in total. The molecular weight excluding hydrogens is 539 g/mol. The van der Waals surface area contributed by atoms with E-state index in [-0.39, 0.29) is 23.0 Å². The number of hydrogen-bond acceptors (Lipinski definition) is 3. The van der Waals surface area contributed by atoms with Gasteiger partial charge in [0.05, 0.1) is 12.5 Å². The van der Waals surface area contributed by atoms with Crippen molar-refractivity contribution in [3.63, 3.8) is 0 Å². The Hall–Kier alpha value is -3.01. The molecule has 0 aliphatic rings. The minimum Gasteiger partial charge on any atom is -0.407 e. The van der Waals surface area contributed by atoms with Gasteiger partial charge < -0.3 is 14.0 Å². The van der Waals surface area contributed by atoms with E-state index in [4.69, 9.17) is 9.16 Å². The minimum absolute atomic E-state index is 0.0277. The lowest BCUT2D eigenvalue weighted by molar-refractivity contribution is -0.117. The summed E-state index contributed by atoms with van der Waals surface area (Å²) in [5, 5.41) is 7.74. The van der Waals surface area contributed by atoms with Crippen molar-refractivity contribution in [2.24, 2.45) is 11.8 Å². The molecule has 0 spiro atoms. The summed E-state index contributed by atoms with van der Waals surface area (Å²) < 4.78 is 14.0. The van der Waals surface area contributed by atoms with E-state index in [1.54, 1.807) is 0 Å². The van der Waals surface area contributed by atoms with E-state index in [2.05, 4.69) is 137 Å². The predicted molar refractivity (Wildman–Crippen MR) is 177 cm³/mol. The van der Waals surface area contributed by atoms with Crippen LogP contribution in [0.3, 0.4) is 0 Å². The highest BCUT2D eigenvalue weighted by molar-refractivity contribution is 7.60. The van der Waals surface area contributed by atoms with Crippen LogP contribution in [-0.2, 0) is 20.3 Å². The van der Waals surface area contributed by atoms with E-state index in [1.165, 1.54) is 31.4 Å². The van der Waals surface area contributed by atoms with Gasteiger partial charge in [-0.25, -0.2) is 0 Å². The summed E-state index contributed by atoms with van der Waals surface area (Å²) in [5.41, 5.74) is 0. The zero-order valence-electron chi connectivity index (χ0n) is 24.8. The molecule has 1 heterocycles. The molecule has 0 radical (unpaired) electrons. The Labute approximate surface area is 246 Å². The van der Waals surface area contributed by atoms with Crippen LogP contribution in [0.4, 0.5) is 0 Å². The topological polar surface area (TPSA) is 35.5 Å². The predicted octanol–water partition coefficient (Wildman–Crippen LogP) is 8.37. The van der Waals surface area contributed by atoms with Crippen molar-refractivity contribution in [1.29, 1.82) is 0 Å². The molecule has 41 heavy (non-hydrogen) atoms. The number of benzene rings is 4. The monoisotopic (exact) mass is 580 g/mol. The third-order valence-corrected chi connectivity index (χ3v) is 15.7. The third kappa shape index (κ3) is 5.72. The Morgan fingerprint density at radius 2 is 1.20 bits per heavy atom. The van der Waals surface area contributed by atoms with Crippen LogP contribution >= 0.6 is 7.53 Å². The molecule has 0 aliphatic carbocycles. The summed E-state index contributed by atoms with van der Waals surface area (Å²) in [4.78, 5) is 12.1. The van der Waals surface area contributed by atoms with Gasteiger partial charge in [-0.2, -0.15) is 0 Å². The SMILES string of the molecule is C[C@H](CO[Si](c1ccccc1)(c1ccccc1)C(C)(C)C)[C@@H](OCp1c2ccccc2c2ccccc21)[C@@H](C)C=O. The second-order valence-electron chi connectivity index (χ2n) is 12.2. The van der Waals surface area contributed by atoms with E-state index < -0.39 is 15.9 Å². The van der Waals surface area contributed by atoms with E-state index in [1.807, 2.05) is 6.92 Å². The lowest BCUT2D eigenvalue weighted by atomic mass is 9.95. The molecule has 1 aromatic heterocycles. The number of ether oxygens (including phenoxy) is 1. The van der Waals surface area contributed by atoms with E-state index in [9.17, 15) is 4.79 Å². The Morgan fingerprint density at radius 1 is 0.732 bits per heavy atom. The van der Waals surface area contributed by atoms with Gasteiger partial charge in [0, 0.05) is 28.7 Å². The van der Waals surface area contributed by atoms with Gasteiger partial charge in [0.2, 0.25) is 0 Å². The highest BCUT2D eigenvalue weighted by atomic mass is 31.1. The molecule has 0 saturated carbocycles. The van der Waals surface area contributed by atoms with Gasteiger partial charge in [-0.15, -0.1) is 0 Å². The zero-order chi connectivity index (χ0) is 29.0. The first kappa shape index (κ1) is 29.5. The molecule has 5 aromatic rings. The van der Waals surface area contributed by atoms with Crippen molar-refractivity contribution in [1.82, 2.24) is 0 Å². The minimum atomic E-state index is -2.69. The number of rotatable bonds is 11. The molecule has 0 saturated heterocycles. The first-order valence-electron chi connectivity index (χ1n) is 14.6. The quantitative estimate of drug-likeness (QED) is 0.116. The fourth-order valence-corrected chi connectivity index (χ4v) is 13.4. The maximum atomic E-state index is 12.1. The van der Waals surface area contributed by atoms with Crippen LogP contribution in [0.2, 0.25) is 5.04 Å². The average molecular weight is 581 g/mol. The molecule has 0 aliphatic heterocycles. The summed E-state index contributed by atoms with van der Waals surface area (Å²) in [6.45, 7) is 11.5. The average Bonchev–Trinajstić information content (AvgIpc) is 3.31. The van der Waals surface area contributed by atoms with Crippen molar-refractivity contribution < 1.29 is 14.0 Å². The molecule has 0 fully saturated rings. The summed E-state index contributed by atoms with van der Waals surface area (Å²) in [7, 11) is -3.34. The molecule has 0 unspecified atom stereocenters. The van der Waals surface area contributed by atoms with Crippen molar-refractivity contribution in [3.05, 3.63) is 109 Å². The standard InChI is InChI=1S/C36H41O3PSi/c1-27(24-37)35(38-26-40-33-22-14-12-20-31(33)32-21-13-15-23-34(32)40)28(2)25-39-41(36(3,4)5,29-16-8-6-9-17-29)30-18-10-7-11-19-30/h6-24,27-28,35H,25-26H2,1-5H3/t27-,28+,35-/m0/s1. The van der Waals surface area contributed by atoms with Crippen molar-refractivity contribution in [2.45, 2.75) is 52.1 Å². The fourth-order valence-electron chi connectivity index (χ4n) is 6.33. The van der Waals surface area contributed by atoms with Crippen LogP contribution in [0.5, 0.6) is 0 Å². The Kier molecular flexibility index (Phi) is 8.96. The summed E-state index contributed by atoms with van der Waals surface area (Å²) in [5.74, 6) is -0.212. The van der Waals surface area contributed by atoms with Crippen LogP contribution in [0.1, 0.15) is 34.6 Å². The van der Waals surface area contributed by atoms with Crippen molar-refractivity contribution >= 4 is 53.5 Å². The van der Waals surface area contributed by atoms with Gasteiger partial charge in [-0.3, -0.25) is 0 Å². The van der Waals surface area contributed by atoms with E-state index in [0.29, 0.717) is 13.0 Å². The van der Waals surface area contributed by atoms with Gasteiger partial charge in [0.1, 0.15) is 6.29 Å². The molecule has 212 valence electrons. The van der Waals surface area contributed by atoms with Gasteiger partial charge in [0.25, 0.3) is 8.32 Å². The van der Waals surface area contributed by atoms with E-state index in [0.717, 1.165) is 6.29 Å². The van der Waals surface area contributed by atoms with Gasteiger partial charge >= 0.3 is 0 Å². The zero-order valence-corrected chi connectivity index (χ0v) is 26.7. The first-order chi connectivity index (χ1) is 19.8. The number of hydrogen-bond donors (Lipinski definition) is 0. The maximum absolute atomic E-state index is 12.1. The summed E-state index contributed by atoms with van der Waals surface area (Å²) in [6, 6.07) is 38.8. The molecule has 5 rings (SSSR count).